The molecule has 1 aliphatic rings. The van der Waals surface area contributed by atoms with Crippen molar-refractivity contribution in [3.05, 3.63) is 54.6 Å². The van der Waals surface area contributed by atoms with Crippen LogP contribution in [0.1, 0.15) is 24.6 Å². The molecule has 1 saturated heterocycles. The van der Waals surface area contributed by atoms with Crippen molar-refractivity contribution in [2.75, 3.05) is 11.9 Å². The number of aryl methyl sites for hydroxylation is 1. The molecule has 0 aliphatic carbocycles. The van der Waals surface area contributed by atoms with Crippen LogP contribution in [0.3, 0.4) is 0 Å². The van der Waals surface area contributed by atoms with E-state index in [-0.39, 0.29) is 12.1 Å². The number of aromatic nitrogens is 3. The van der Waals surface area contributed by atoms with Crippen molar-refractivity contribution in [3.8, 4) is 11.3 Å². The lowest BCUT2D eigenvalue weighted by Gasteiger charge is -2.25. The van der Waals surface area contributed by atoms with E-state index in [1.54, 1.807) is 12.3 Å². The summed E-state index contributed by atoms with van der Waals surface area (Å²) in [6, 6.07) is 11.3. The van der Waals surface area contributed by atoms with Crippen LogP contribution in [0.25, 0.3) is 11.3 Å². The van der Waals surface area contributed by atoms with Gasteiger partial charge in [0.15, 0.2) is 0 Å². The zero-order valence-corrected chi connectivity index (χ0v) is 13.9. The van der Waals surface area contributed by atoms with Crippen LogP contribution in [0, 0.1) is 0 Å². The van der Waals surface area contributed by atoms with Gasteiger partial charge in [0.1, 0.15) is 12.0 Å². The summed E-state index contributed by atoms with van der Waals surface area (Å²) in [5.41, 5.74) is 3.54. The minimum absolute atomic E-state index is 0.0712. The number of anilines is 1. The fraction of sp³-hybridized carbons (Fsp3) is 0.278. The molecule has 7 heteroatoms. The van der Waals surface area contributed by atoms with Gasteiger partial charge in [-0.05, 0) is 31.0 Å². The maximum atomic E-state index is 12.7. The molecule has 128 valence electrons. The van der Waals surface area contributed by atoms with E-state index in [0.717, 1.165) is 42.0 Å². The number of amides is 2. The Balaban J connectivity index is 1.47. The number of hydrogen-bond donors (Lipinski definition) is 1. The van der Waals surface area contributed by atoms with Crippen LogP contribution < -0.4 is 5.32 Å². The summed E-state index contributed by atoms with van der Waals surface area (Å²) in [4.78, 5) is 14.6. The Kier molecular flexibility index (Phi) is 3.97. The number of nitrogens with one attached hydrogen (secondary N) is 1. The molecule has 1 aliphatic heterocycles. The highest BCUT2D eigenvalue weighted by atomic mass is 16.5. The summed E-state index contributed by atoms with van der Waals surface area (Å²) in [7, 11) is 1.91. The third-order valence-corrected chi connectivity index (χ3v) is 4.58. The summed E-state index contributed by atoms with van der Waals surface area (Å²) in [6.45, 7) is 0.749. The highest BCUT2D eigenvalue weighted by Gasteiger charge is 2.31. The van der Waals surface area contributed by atoms with Crippen molar-refractivity contribution in [1.29, 1.82) is 0 Å². The first-order chi connectivity index (χ1) is 12.2. The normalized spacial score (nSPS) is 17.0. The predicted molar refractivity (Wildman–Crippen MR) is 92.8 cm³/mol. The van der Waals surface area contributed by atoms with Crippen LogP contribution in [0.5, 0.6) is 0 Å². The van der Waals surface area contributed by atoms with E-state index in [1.807, 2.05) is 47.0 Å². The van der Waals surface area contributed by atoms with E-state index in [2.05, 4.69) is 15.6 Å². The van der Waals surface area contributed by atoms with Gasteiger partial charge in [-0.2, -0.15) is 5.10 Å². The SMILES string of the molecule is Cn1nccc1C1CCCN1C(=O)Nc1ccc(-c2ccon2)cc1. The first-order valence-electron chi connectivity index (χ1n) is 8.29. The van der Waals surface area contributed by atoms with Crippen molar-refractivity contribution >= 4 is 11.7 Å². The van der Waals surface area contributed by atoms with Gasteiger partial charge >= 0.3 is 6.03 Å². The first kappa shape index (κ1) is 15.4. The predicted octanol–water partition coefficient (Wildman–Crippen LogP) is 3.44. The van der Waals surface area contributed by atoms with Crippen LogP contribution in [0.15, 0.2) is 53.4 Å². The standard InChI is InChI=1S/C18H19N5O2/c1-22-16(8-10-19-22)17-3-2-11-23(17)18(24)20-14-6-4-13(5-7-14)15-9-12-25-21-15/h4-10,12,17H,2-3,11H2,1H3,(H,20,24). The molecule has 7 nitrogen and oxygen atoms in total. The minimum Gasteiger partial charge on any atom is -0.364 e. The third-order valence-electron chi connectivity index (χ3n) is 4.58. The van der Waals surface area contributed by atoms with Gasteiger partial charge in [0.25, 0.3) is 0 Å². The molecule has 4 rings (SSSR count). The molecule has 0 saturated carbocycles. The molecule has 0 spiro atoms. The quantitative estimate of drug-likeness (QED) is 0.794. The van der Waals surface area contributed by atoms with Crippen molar-refractivity contribution < 1.29 is 9.32 Å². The Morgan fingerprint density at radius 2 is 2.08 bits per heavy atom. The third kappa shape index (κ3) is 3.00. The van der Waals surface area contributed by atoms with Crippen molar-refractivity contribution in [3.63, 3.8) is 0 Å². The van der Waals surface area contributed by atoms with E-state index in [9.17, 15) is 4.79 Å². The average Bonchev–Trinajstić information content (AvgIpc) is 3.36. The largest absolute Gasteiger partial charge is 0.364 e. The number of benzene rings is 1. The van der Waals surface area contributed by atoms with Crippen molar-refractivity contribution in [1.82, 2.24) is 19.8 Å². The molecule has 1 unspecified atom stereocenters. The molecular formula is C18H19N5O2. The highest BCUT2D eigenvalue weighted by Crippen LogP contribution is 2.32. The smallest absolute Gasteiger partial charge is 0.322 e. The lowest BCUT2D eigenvalue weighted by molar-refractivity contribution is 0.205. The average molecular weight is 337 g/mol. The lowest BCUT2D eigenvalue weighted by atomic mass is 10.1. The van der Waals surface area contributed by atoms with Gasteiger partial charge in [0, 0.05) is 37.1 Å². The summed E-state index contributed by atoms with van der Waals surface area (Å²) in [6.07, 6.45) is 5.26. The molecule has 1 fully saturated rings. The van der Waals surface area contributed by atoms with Crippen LogP contribution >= 0.6 is 0 Å². The molecular weight excluding hydrogens is 318 g/mol. The Bertz CT molecular complexity index is 854. The molecule has 0 radical (unpaired) electrons. The zero-order chi connectivity index (χ0) is 17.2. The number of urea groups is 1. The molecule has 1 N–H and O–H groups in total. The second-order valence-electron chi connectivity index (χ2n) is 6.12. The van der Waals surface area contributed by atoms with Gasteiger partial charge < -0.3 is 14.7 Å². The lowest BCUT2D eigenvalue weighted by Crippen LogP contribution is -2.35. The fourth-order valence-electron chi connectivity index (χ4n) is 3.31. The summed E-state index contributed by atoms with van der Waals surface area (Å²) < 4.78 is 6.69. The fourth-order valence-corrected chi connectivity index (χ4v) is 3.31. The van der Waals surface area contributed by atoms with Crippen LogP contribution in [-0.4, -0.2) is 32.4 Å². The van der Waals surface area contributed by atoms with E-state index in [1.165, 1.54) is 6.26 Å². The molecule has 3 heterocycles. The molecule has 1 aromatic carbocycles. The maximum absolute atomic E-state index is 12.7. The van der Waals surface area contributed by atoms with Gasteiger partial charge in [0.05, 0.1) is 11.7 Å². The first-order valence-corrected chi connectivity index (χ1v) is 8.29. The number of carbonyl (C=O) groups excluding carboxylic acids is 1. The van der Waals surface area contributed by atoms with Crippen LogP contribution in [-0.2, 0) is 7.05 Å². The van der Waals surface area contributed by atoms with Gasteiger partial charge in [-0.25, -0.2) is 4.79 Å². The molecule has 0 bridgehead atoms. The van der Waals surface area contributed by atoms with Crippen LogP contribution in [0.2, 0.25) is 0 Å². The van der Waals surface area contributed by atoms with Gasteiger partial charge in [0.2, 0.25) is 0 Å². The number of likely N-dealkylation sites (tertiary alicyclic amines) is 1. The molecule has 3 aromatic rings. The number of rotatable bonds is 3. The van der Waals surface area contributed by atoms with E-state index in [4.69, 9.17) is 4.52 Å². The Morgan fingerprint density at radius 3 is 2.76 bits per heavy atom. The number of carbonyl (C=O) groups is 1. The number of nitrogens with zero attached hydrogens (tertiary/aromatic N) is 4. The van der Waals surface area contributed by atoms with Gasteiger partial charge in [-0.15, -0.1) is 0 Å². The summed E-state index contributed by atoms with van der Waals surface area (Å²) >= 11 is 0. The van der Waals surface area contributed by atoms with Crippen LogP contribution in [0.4, 0.5) is 10.5 Å². The van der Waals surface area contributed by atoms with E-state index >= 15 is 0 Å². The van der Waals surface area contributed by atoms with E-state index < -0.39 is 0 Å². The summed E-state index contributed by atoms with van der Waals surface area (Å²) in [5, 5.41) is 11.1. The highest BCUT2D eigenvalue weighted by molar-refractivity contribution is 5.90. The Labute approximate surface area is 145 Å². The maximum Gasteiger partial charge on any atom is 0.322 e. The Hall–Kier alpha value is -3.09. The molecule has 2 amide bonds. The molecule has 2 aromatic heterocycles. The summed E-state index contributed by atoms with van der Waals surface area (Å²) in [5.74, 6) is 0. The molecule has 25 heavy (non-hydrogen) atoms. The topological polar surface area (TPSA) is 76.2 Å². The van der Waals surface area contributed by atoms with Gasteiger partial charge in [-0.1, -0.05) is 17.3 Å². The minimum atomic E-state index is -0.0853. The zero-order valence-electron chi connectivity index (χ0n) is 13.9. The second kappa shape index (κ2) is 6.43. The van der Waals surface area contributed by atoms with Gasteiger partial charge in [-0.3, -0.25) is 4.68 Å². The second-order valence-corrected chi connectivity index (χ2v) is 6.12. The van der Waals surface area contributed by atoms with Crippen molar-refractivity contribution in [2.24, 2.45) is 7.05 Å². The number of hydrogen-bond acceptors (Lipinski definition) is 4. The monoisotopic (exact) mass is 337 g/mol. The molecule has 1 atom stereocenters. The van der Waals surface area contributed by atoms with E-state index in [0.29, 0.717) is 0 Å². The Morgan fingerprint density at radius 1 is 1.24 bits per heavy atom. The van der Waals surface area contributed by atoms with Crippen molar-refractivity contribution in [2.45, 2.75) is 18.9 Å².